The average Bonchev–Trinajstić information content (AvgIpc) is 3.08. The molecule has 15 heavy (non-hydrogen) atoms. The van der Waals surface area contributed by atoms with Gasteiger partial charge in [-0.05, 0) is 55.6 Å². The van der Waals surface area contributed by atoms with Crippen molar-refractivity contribution in [2.75, 3.05) is 11.9 Å². The zero-order chi connectivity index (χ0) is 10.3. The summed E-state index contributed by atoms with van der Waals surface area (Å²) < 4.78 is 0. The number of aromatic nitrogens is 2. The van der Waals surface area contributed by atoms with Crippen molar-refractivity contribution in [3.05, 3.63) is 17.8 Å². The lowest BCUT2D eigenvalue weighted by Gasteiger charge is -2.15. The fraction of sp³-hybridized carbons (Fsp3) is 0.667. The molecule has 3 rings (SSSR count). The lowest BCUT2D eigenvalue weighted by atomic mass is 10.0. The number of hydrogen-bond donors (Lipinski definition) is 1. The third-order valence-corrected chi connectivity index (χ3v) is 3.75. The van der Waals surface area contributed by atoms with Crippen LogP contribution < -0.4 is 5.32 Å². The molecule has 1 aromatic heterocycles. The Balaban J connectivity index is 1.61. The number of aryl methyl sites for hydroxylation is 1. The van der Waals surface area contributed by atoms with Crippen LogP contribution in [0, 0.1) is 18.3 Å². The monoisotopic (exact) mass is 203 g/mol. The van der Waals surface area contributed by atoms with Crippen LogP contribution in [0.5, 0.6) is 0 Å². The predicted molar refractivity (Wildman–Crippen MR) is 59.6 cm³/mol. The number of nitrogens with one attached hydrogen (secondary N) is 1. The molecule has 3 nitrogen and oxygen atoms in total. The molecular weight excluding hydrogens is 186 g/mol. The summed E-state index contributed by atoms with van der Waals surface area (Å²) >= 11 is 0. The van der Waals surface area contributed by atoms with Gasteiger partial charge in [-0.2, -0.15) is 5.10 Å². The highest BCUT2D eigenvalue weighted by atomic mass is 15.2. The summed E-state index contributed by atoms with van der Waals surface area (Å²) in [6.07, 6.45) is 7.50. The van der Waals surface area contributed by atoms with E-state index in [1.807, 2.05) is 6.92 Å². The molecule has 1 N–H and O–H groups in total. The molecule has 2 fully saturated rings. The number of nitrogens with zero attached hydrogens (tertiary/aromatic N) is 2. The summed E-state index contributed by atoms with van der Waals surface area (Å²) in [7, 11) is 0. The van der Waals surface area contributed by atoms with E-state index in [0.29, 0.717) is 5.41 Å². The maximum atomic E-state index is 4.09. The summed E-state index contributed by atoms with van der Waals surface area (Å²) in [5.74, 6) is 1.93. The second kappa shape index (κ2) is 3.19. The van der Waals surface area contributed by atoms with Gasteiger partial charge >= 0.3 is 0 Å². The van der Waals surface area contributed by atoms with E-state index in [9.17, 15) is 0 Å². The van der Waals surface area contributed by atoms with Gasteiger partial charge in [-0.1, -0.05) is 0 Å². The van der Waals surface area contributed by atoms with E-state index in [0.717, 1.165) is 18.3 Å². The van der Waals surface area contributed by atoms with Gasteiger partial charge < -0.3 is 5.32 Å². The molecule has 0 saturated heterocycles. The van der Waals surface area contributed by atoms with Crippen molar-refractivity contribution in [2.45, 2.75) is 32.6 Å². The van der Waals surface area contributed by atoms with E-state index in [-0.39, 0.29) is 0 Å². The fourth-order valence-electron chi connectivity index (χ4n) is 2.40. The van der Waals surface area contributed by atoms with E-state index in [1.165, 1.54) is 31.2 Å². The van der Waals surface area contributed by atoms with Crippen LogP contribution in [0.4, 0.5) is 5.82 Å². The highest BCUT2D eigenvalue weighted by molar-refractivity contribution is 5.36. The largest absolute Gasteiger partial charge is 0.368 e. The van der Waals surface area contributed by atoms with E-state index in [1.54, 1.807) is 6.20 Å². The van der Waals surface area contributed by atoms with Gasteiger partial charge in [0.1, 0.15) is 5.82 Å². The SMILES string of the molecule is Cc1cnnc(NCC2(C3CC3)CC2)c1. The van der Waals surface area contributed by atoms with Crippen LogP contribution in [-0.4, -0.2) is 16.7 Å². The van der Waals surface area contributed by atoms with E-state index < -0.39 is 0 Å². The standard InChI is InChI=1S/C12H17N3/c1-9-6-11(15-14-7-9)13-8-12(4-5-12)10-2-3-10/h6-7,10H,2-5,8H2,1H3,(H,13,15). The first-order valence-corrected chi connectivity index (χ1v) is 5.82. The smallest absolute Gasteiger partial charge is 0.148 e. The highest BCUT2D eigenvalue weighted by Gasteiger charge is 2.53. The first-order chi connectivity index (χ1) is 7.28. The zero-order valence-corrected chi connectivity index (χ0v) is 9.16. The van der Waals surface area contributed by atoms with Crippen molar-refractivity contribution in [2.24, 2.45) is 11.3 Å². The molecular formula is C12H17N3. The third kappa shape index (κ3) is 1.83. The van der Waals surface area contributed by atoms with E-state index in [2.05, 4.69) is 21.6 Å². The van der Waals surface area contributed by atoms with Crippen molar-refractivity contribution >= 4 is 5.82 Å². The van der Waals surface area contributed by atoms with E-state index in [4.69, 9.17) is 0 Å². The second-order valence-electron chi connectivity index (χ2n) is 5.11. The average molecular weight is 203 g/mol. The van der Waals surface area contributed by atoms with Crippen LogP contribution in [-0.2, 0) is 0 Å². The molecule has 3 heteroatoms. The van der Waals surface area contributed by atoms with Gasteiger partial charge in [0, 0.05) is 6.54 Å². The van der Waals surface area contributed by atoms with Crippen LogP contribution in [0.1, 0.15) is 31.2 Å². The number of rotatable bonds is 4. The zero-order valence-electron chi connectivity index (χ0n) is 9.16. The highest BCUT2D eigenvalue weighted by Crippen LogP contribution is 2.61. The van der Waals surface area contributed by atoms with Gasteiger partial charge in [-0.25, -0.2) is 0 Å². The molecule has 0 atom stereocenters. The van der Waals surface area contributed by atoms with Crippen molar-refractivity contribution in [1.82, 2.24) is 10.2 Å². The van der Waals surface area contributed by atoms with Crippen LogP contribution in [0.3, 0.4) is 0 Å². The van der Waals surface area contributed by atoms with Crippen LogP contribution in [0.15, 0.2) is 12.3 Å². The summed E-state index contributed by atoms with van der Waals surface area (Å²) in [6.45, 7) is 3.14. The van der Waals surface area contributed by atoms with E-state index >= 15 is 0 Å². The van der Waals surface area contributed by atoms with Crippen molar-refractivity contribution in [1.29, 1.82) is 0 Å². The first kappa shape index (κ1) is 9.13. The van der Waals surface area contributed by atoms with Gasteiger partial charge in [0.15, 0.2) is 0 Å². The van der Waals surface area contributed by atoms with Gasteiger partial charge in [0.05, 0.1) is 6.20 Å². The Labute approximate surface area is 90.3 Å². The molecule has 0 aromatic carbocycles. The summed E-state index contributed by atoms with van der Waals surface area (Å²) in [4.78, 5) is 0. The number of hydrogen-bond acceptors (Lipinski definition) is 3. The van der Waals surface area contributed by atoms with Crippen molar-refractivity contribution < 1.29 is 0 Å². The Morgan fingerprint density at radius 3 is 2.87 bits per heavy atom. The third-order valence-electron chi connectivity index (χ3n) is 3.75. The maximum absolute atomic E-state index is 4.09. The molecule has 0 bridgehead atoms. The number of anilines is 1. The Morgan fingerprint density at radius 2 is 2.27 bits per heavy atom. The summed E-state index contributed by atoms with van der Waals surface area (Å²) in [6, 6.07) is 2.07. The first-order valence-electron chi connectivity index (χ1n) is 5.82. The molecule has 1 aromatic rings. The Bertz CT molecular complexity index is 367. The minimum Gasteiger partial charge on any atom is -0.368 e. The van der Waals surface area contributed by atoms with Crippen molar-refractivity contribution in [3.8, 4) is 0 Å². The molecule has 0 radical (unpaired) electrons. The molecule has 0 amide bonds. The minimum atomic E-state index is 0.630. The molecule has 80 valence electrons. The topological polar surface area (TPSA) is 37.8 Å². The van der Waals surface area contributed by atoms with Crippen LogP contribution in [0.2, 0.25) is 0 Å². The minimum absolute atomic E-state index is 0.630. The van der Waals surface area contributed by atoms with Gasteiger partial charge in [-0.15, -0.1) is 5.10 Å². The predicted octanol–water partition coefficient (Wildman–Crippen LogP) is 2.39. The summed E-state index contributed by atoms with van der Waals surface area (Å²) in [5, 5.41) is 11.5. The van der Waals surface area contributed by atoms with Gasteiger partial charge in [0.2, 0.25) is 0 Å². The molecule has 2 saturated carbocycles. The van der Waals surface area contributed by atoms with Crippen LogP contribution in [0.25, 0.3) is 0 Å². The Kier molecular flexibility index (Phi) is 1.94. The molecule has 2 aliphatic rings. The summed E-state index contributed by atoms with van der Waals surface area (Å²) in [5.41, 5.74) is 1.80. The van der Waals surface area contributed by atoms with Gasteiger partial charge in [0.25, 0.3) is 0 Å². The van der Waals surface area contributed by atoms with Crippen molar-refractivity contribution in [3.63, 3.8) is 0 Å². The fourth-order valence-corrected chi connectivity index (χ4v) is 2.40. The Morgan fingerprint density at radius 1 is 1.47 bits per heavy atom. The van der Waals surface area contributed by atoms with Crippen LogP contribution >= 0.6 is 0 Å². The lowest BCUT2D eigenvalue weighted by Crippen LogP contribution is -2.18. The molecule has 0 aliphatic heterocycles. The Hall–Kier alpha value is -1.12. The maximum Gasteiger partial charge on any atom is 0.148 e. The lowest BCUT2D eigenvalue weighted by molar-refractivity contribution is 0.466. The normalized spacial score (nSPS) is 22.5. The quantitative estimate of drug-likeness (QED) is 0.816. The van der Waals surface area contributed by atoms with Gasteiger partial charge in [-0.3, -0.25) is 0 Å². The molecule has 0 spiro atoms. The molecule has 1 heterocycles. The molecule has 0 unspecified atom stereocenters. The second-order valence-corrected chi connectivity index (χ2v) is 5.11. The molecule has 2 aliphatic carbocycles.